The van der Waals surface area contributed by atoms with E-state index in [1.165, 1.54) is 18.4 Å². The lowest BCUT2D eigenvalue weighted by molar-refractivity contribution is 0.102. The third-order valence-electron chi connectivity index (χ3n) is 3.79. The lowest BCUT2D eigenvalue weighted by atomic mass is 10.1. The Balaban J connectivity index is 1.84. The molecule has 0 spiro atoms. The molecule has 1 N–H and O–H groups in total. The number of carbonyl (C=O) groups is 1. The van der Waals surface area contributed by atoms with Crippen molar-refractivity contribution in [2.24, 2.45) is 0 Å². The second-order valence-corrected chi connectivity index (χ2v) is 7.09. The predicted octanol–water partition coefficient (Wildman–Crippen LogP) is 5.04. The molecule has 5 nitrogen and oxygen atoms in total. The minimum Gasteiger partial charge on any atom is -0.497 e. The Kier molecular flexibility index (Phi) is 5.44. The first-order chi connectivity index (χ1) is 12.5. The molecule has 0 saturated heterocycles. The topological polar surface area (TPSA) is 60.5 Å². The molecule has 3 aromatic rings. The average Bonchev–Trinajstić information content (AvgIpc) is 3.01. The molecule has 134 valence electrons. The fraction of sp³-hybridized carbons (Fsp3) is 0.158. The summed E-state index contributed by atoms with van der Waals surface area (Å²) in [4.78, 5) is 18.2. The van der Waals surface area contributed by atoms with E-state index in [2.05, 4.69) is 10.3 Å². The number of benzene rings is 2. The number of methoxy groups -OCH3 is 2. The largest absolute Gasteiger partial charge is 0.497 e. The van der Waals surface area contributed by atoms with Crippen LogP contribution in [-0.2, 0) is 0 Å². The van der Waals surface area contributed by atoms with Crippen molar-refractivity contribution in [2.45, 2.75) is 6.92 Å². The molecule has 1 aromatic heterocycles. The Morgan fingerprint density at radius 3 is 2.50 bits per heavy atom. The molecular formula is C19H17ClN2O3S. The maximum absolute atomic E-state index is 12.6. The van der Waals surface area contributed by atoms with Gasteiger partial charge in [-0.2, -0.15) is 0 Å². The monoisotopic (exact) mass is 388 g/mol. The third kappa shape index (κ3) is 3.81. The molecule has 7 heteroatoms. The summed E-state index contributed by atoms with van der Waals surface area (Å²) in [5.74, 6) is 0.766. The van der Waals surface area contributed by atoms with Gasteiger partial charge in [-0.1, -0.05) is 23.7 Å². The first kappa shape index (κ1) is 18.2. The Labute approximate surface area is 160 Å². The van der Waals surface area contributed by atoms with E-state index in [0.717, 1.165) is 16.1 Å². The highest BCUT2D eigenvalue weighted by Crippen LogP contribution is 2.32. The van der Waals surface area contributed by atoms with Gasteiger partial charge in [-0.05, 0) is 31.2 Å². The predicted molar refractivity (Wildman–Crippen MR) is 105 cm³/mol. The Morgan fingerprint density at radius 1 is 1.12 bits per heavy atom. The number of rotatable bonds is 5. The van der Waals surface area contributed by atoms with E-state index >= 15 is 0 Å². The van der Waals surface area contributed by atoms with Crippen molar-refractivity contribution in [1.29, 1.82) is 0 Å². The highest BCUT2D eigenvalue weighted by molar-refractivity contribution is 7.16. The zero-order valence-electron chi connectivity index (χ0n) is 14.5. The van der Waals surface area contributed by atoms with Crippen LogP contribution >= 0.6 is 22.9 Å². The fourth-order valence-electron chi connectivity index (χ4n) is 2.48. The zero-order valence-corrected chi connectivity index (χ0v) is 16.1. The van der Waals surface area contributed by atoms with Gasteiger partial charge in [0.25, 0.3) is 5.91 Å². The fourth-order valence-corrected chi connectivity index (χ4v) is 3.43. The van der Waals surface area contributed by atoms with Crippen molar-refractivity contribution in [3.05, 3.63) is 57.9 Å². The van der Waals surface area contributed by atoms with E-state index in [1.54, 1.807) is 25.3 Å². The van der Waals surface area contributed by atoms with Crippen LogP contribution in [0.25, 0.3) is 11.3 Å². The molecule has 0 radical (unpaired) electrons. The van der Waals surface area contributed by atoms with Crippen LogP contribution in [0.15, 0.2) is 42.5 Å². The number of amides is 1. The molecule has 0 atom stereocenters. The van der Waals surface area contributed by atoms with Crippen molar-refractivity contribution in [2.75, 3.05) is 19.5 Å². The standard InChI is InChI=1S/C19H17ClN2O3S/c1-11-17(12-4-6-13(20)7-5-12)21-19(26-11)22-18(23)15-9-8-14(24-2)10-16(15)25-3/h4-10H,1-3H3,(H,21,22,23). The summed E-state index contributed by atoms with van der Waals surface area (Å²) in [5.41, 5.74) is 2.18. The van der Waals surface area contributed by atoms with E-state index in [0.29, 0.717) is 27.2 Å². The molecule has 0 aliphatic carbocycles. The molecule has 1 amide bonds. The summed E-state index contributed by atoms with van der Waals surface area (Å²) >= 11 is 7.35. The van der Waals surface area contributed by atoms with Gasteiger partial charge in [-0.25, -0.2) is 4.98 Å². The van der Waals surface area contributed by atoms with E-state index < -0.39 is 0 Å². The van der Waals surface area contributed by atoms with Crippen molar-refractivity contribution in [3.8, 4) is 22.8 Å². The van der Waals surface area contributed by atoms with E-state index in [9.17, 15) is 4.79 Å². The van der Waals surface area contributed by atoms with Crippen LogP contribution < -0.4 is 14.8 Å². The Bertz CT molecular complexity index is 938. The Hall–Kier alpha value is -2.57. The highest BCUT2D eigenvalue weighted by atomic mass is 35.5. The molecule has 0 bridgehead atoms. The van der Waals surface area contributed by atoms with E-state index in [4.69, 9.17) is 21.1 Å². The van der Waals surface area contributed by atoms with Crippen molar-refractivity contribution >= 4 is 34.0 Å². The van der Waals surface area contributed by atoms with Gasteiger partial charge < -0.3 is 9.47 Å². The van der Waals surface area contributed by atoms with Crippen LogP contribution in [-0.4, -0.2) is 25.1 Å². The number of hydrogen-bond donors (Lipinski definition) is 1. The summed E-state index contributed by atoms with van der Waals surface area (Å²) in [6.45, 7) is 1.96. The van der Waals surface area contributed by atoms with Crippen LogP contribution in [0.4, 0.5) is 5.13 Å². The lowest BCUT2D eigenvalue weighted by Gasteiger charge is -2.09. The summed E-state index contributed by atoms with van der Waals surface area (Å²) in [5, 5.41) is 4.03. The minimum atomic E-state index is -0.291. The number of hydrogen-bond acceptors (Lipinski definition) is 5. The zero-order chi connectivity index (χ0) is 18.7. The summed E-state index contributed by atoms with van der Waals surface area (Å²) in [6, 6.07) is 12.5. The van der Waals surface area contributed by atoms with Crippen LogP contribution in [0.2, 0.25) is 5.02 Å². The smallest absolute Gasteiger partial charge is 0.261 e. The maximum atomic E-state index is 12.6. The van der Waals surface area contributed by atoms with Crippen LogP contribution in [0.5, 0.6) is 11.5 Å². The lowest BCUT2D eigenvalue weighted by Crippen LogP contribution is -2.13. The normalized spacial score (nSPS) is 10.5. The average molecular weight is 389 g/mol. The van der Waals surface area contributed by atoms with E-state index in [-0.39, 0.29) is 5.91 Å². The van der Waals surface area contributed by atoms with Crippen molar-refractivity contribution < 1.29 is 14.3 Å². The molecule has 0 unspecified atom stereocenters. The molecule has 3 rings (SSSR count). The van der Waals surface area contributed by atoms with Crippen LogP contribution in [0.1, 0.15) is 15.2 Å². The number of halogens is 1. The van der Waals surface area contributed by atoms with Gasteiger partial charge in [0.2, 0.25) is 0 Å². The van der Waals surface area contributed by atoms with Gasteiger partial charge in [-0.15, -0.1) is 11.3 Å². The second kappa shape index (κ2) is 7.76. The summed E-state index contributed by atoms with van der Waals surface area (Å²) in [7, 11) is 3.07. The van der Waals surface area contributed by atoms with Gasteiger partial charge >= 0.3 is 0 Å². The number of aromatic nitrogens is 1. The molecule has 1 heterocycles. The minimum absolute atomic E-state index is 0.291. The van der Waals surface area contributed by atoms with Gasteiger partial charge in [-0.3, -0.25) is 10.1 Å². The van der Waals surface area contributed by atoms with Gasteiger partial charge in [0, 0.05) is 21.5 Å². The summed E-state index contributed by atoms with van der Waals surface area (Å²) < 4.78 is 10.4. The van der Waals surface area contributed by atoms with Gasteiger partial charge in [0.15, 0.2) is 5.13 Å². The number of aryl methyl sites for hydroxylation is 1. The third-order valence-corrected chi connectivity index (χ3v) is 4.93. The molecule has 0 fully saturated rings. The SMILES string of the molecule is COc1ccc(C(=O)Nc2nc(-c3ccc(Cl)cc3)c(C)s2)c(OC)c1. The number of anilines is 1. The van der Waals surface area contributed by atoms with Crippen molar-refractivity contribution in [3.63, 3.8) is 0 Å². The number of nitrogens with zero attached hydrogens (tertiary/aromatic N) is 1. The van der Waals surface area contributed by atoms with Crippen LogP contribution in [0.3, 0.4) is 0 Å². The molecule has 0 saturated carbocycles. The quantitative estimate of drug-likeness (QED) is 0.665. The number of carbonyl (C=O) groups excluding carboxylic acids is 1. The first-order valence-electron chi connectivity index (χ1n) is 7.78. The molecular weight excluding hydrogens is 372 g/mol. The molecule has 0 aliphatic rings. The van der Waals surface area contributed by atoms with Crippen molar-refractivity contribution in [1.82, 2.24) is 4.98 Å². The summed E-state index contributed by atoms with van der Waals surface area (Å²) in [6.07, 6.45) is 0. The first-order valence-corrected chi connectivity index (χ1v) is 8.98. The van der Waals surface area contributed by atoms with Gasteiger partial charge in [0.1, 0.15) is 11.5 Å². The maximum Gasteiger partial charge on any atom is 0.261 e. The second-order valence-electron chi connectivity index (χ2n) is 5.45. The highest BCUT2D eigenvalue weighted by Gasteiger charge is 2.17. The number of nitrogens with one attached hydrogen (secondary N) is 1. The number of thiazole rings is 1. The molecule has 2 aromatic carbocycles. The van der Waals surface area contributed by atoms with Crippen LogP contribution in [0, 0.1) is 6.92 Å². The van der Waals surface area contributed by atoms with Gasteiger partial charge in [0.05, 0.1) is 25.5 Å². The van der Waals surface area contributed by atoms with E-state index in [1.807, 2.05) is 31.2 Å². The Morgan fingerprint density at radius 2 is 1.85 bits per heavy atom. The number of ether oxygens (including phenoxy) is 2. The molecule has 26 heavy (non-hydrogen) atoms. The molecule has 0 aliphatic heterocycles.